The van der Waals surface area contributed by atoms with Crippen molar-refractivity contribution in [3.63, 3.8) is 0 Å². The summed E-state index contributed by atoms with van der Waals surface area (Å²) in [6, 6.07) is 20.8. The van der Waals surface area contributed by atoms with E-state index in [2.05, 4.69) is 44.5 Å². The number of carbonyl (C=O) groups is 1. The second-order valence-corrected chi connectivity index (χ2v) is 12.2. The second kappa shape index (κ2) is 11.5. The highest BCUT2D eigenvalue weighted by Gasteiger charge is 2.30. The number of para-hydroxylation sites is 1. The van der Waals surface area contributed by atoms with Gasteiger partial charge in [-0.2, -0.15) is 0 Å². The first-order valence-electron chi connectivity index (χ1n) is 13.0. The number of anilines is 2. The molecule has 1 saturated heterocycles. The number of aryl methyl sites for hydroxylation is 3. The number of fused-ring (bicyclic) bond motifs is 2. The van der Waals surface area contributed by atoms with Crippen LogP contribution in [0.15, 0.2) is 71.6 Å². The van der Waals surface area contributed by atoms with Crippen molar-refractivity contribution in [1.29, 1.82) is 0 Å². The summed E-state index contributed by atoms with van der Waals surface area (Å²) >= 11 is 6.36. The Labute approximate surface area is 229 Å². The van der Waals surface area contributed by atoms with Crippen LogP contribution in [0.1, 0.15) is 23.1 Å². The molecule has 9 heteroatoms. The van der Waals surface area contributed by atoms with E-state index in [1.165, 1.54) is 11.1 Å². The van der Waals surface area contributed by atoms with Gasteiger partial charge in [0.15, 0.2) is 0 Å². The molecular weight excluding hydrogens is 520 g/mol. The molecule has 0 radical (unpaired) electrons. The Balaban J connectivity index is 1.22. The molecule has 3 aromatic carbocycles. The van der Waals surface area contributed by atoms with Gasteiger partial charge >= 0.3 is 0 Å². The number of piperidine rings is 1. The average molecular weight is 553 g/mol. The standard InChI is InChI=1S/C29H33ClN4O3S/c1-20-6-12-26(13-7-20)38(36,37)33-25-16-23(18-31-19-25)29(35)32-14-15-34-27-5-3-2-4-21(27)8-9-22-10-11-24(30)17-28(22)34/h2-7,10-13,17,23,25,31,33H,8-9,14-16,18-19H2,1H3,(H,32,35)/t23?,25-/m1/s1. The minimum atomic E-state index is -3.66. The monoisotopic (exact) mass is 552 g/mol. The van der Waals surface area contributed by atoms with Gasteiger partial charge in [0, 0.05) is 48.6 Å². The third-order valence-electron chi connectivity index (χ3n) is 7.29. The van der Waals surface area contributed by atoms with Crippen LogP contribution >= 0.6 is 11.6 Å². The molecule has 3 aromatic rings. The van der Waals surface area contributed by atoms with E-state index in [4.69, 9.17) is 11.6 Å². The summed E-state index contributed by atoms with van der Waals surface area (Å²) in [5.41, 5.74) is 5.70. The van der Waals surface area contributed by atoms with Crippen LogP contribution < -0.4 is 20.3 Å². The van der Waals surface area contributed by atoms with Crippen molar-refractivity contribution in [1.82, 2.24) is 15.4 Å². The summed E-state index contributed by atoms with van der Waals surface area (Å²) in [6.07, 6.45) is 2.32. The molecule has 0 spiro atoms. The normalized spacial score (nSPS) is 19.3. The van der Waals surface area contributed by atoms with E-state index in [0.717, 1.165) is 29.8 Å². The smallest absolute Gasteiger partial charge is 0.240 e. The number of benzene rings is 3. The first kappa shape index (κ1) is 26.7. The lowest BCUT2D eigenvalue weighted by molar-refractivity contribution is -0.125. The van der Waals surface area contributed by atoms with Crippen molar-refractivity contribution in [2.75, 3.05) is 31.1 Å². The molecule has 0 aliphatic carbocycles. The SMILES string of the molecule is Cc1ccc(S(=O)(=O)N[C@H]2CNCC(C(=O)NCCN3c4ccccc4CCc4ccc(Cl)cc43)C2)cc1. The van der Waals surface area contributed by atoms with Gasteiger partial charge in [0.1, 0.15) is 0 Å². The van der Waals surface area contributed by atoms with Gasteiger partial charge in [-0.25, -0.2) is 13.1 Å². The summed E-state index contributed by atoms with van der Waals surface area (Å²) in [5.74, 6) is -0.404. The quantitative estimate of drug-likeness (QED) is 0.413. The Kier molecular flexibility index (Phi) is 8.04. The van der Waals surface area contributed by atoms with E-state index < -0.39 is 10.0 Å². The van der Waals surface area contributed by atoms with Crippen molar-refractivity contribution >= 4 is 38.9 Å². The number of rotatable bonds is 7. The van der Waals surface area contributed by atoms with E-state index in [1.807, 2.05) is 25.1 Å². The lowest BCUT2D eigenvalue weighted by Gasteiger charge is -2.30. The van der Waals surface area contributed by atoms with Gasteiger partial charge < -0.3 is 15.5 Å². The van der Waals surface area contributed by atoms with Gasteiger partial charge in [-0.15, -0.1) is 0 Å². The van der Waals surface area contributed by atoms with Crippen molar-refractivity contribution in [3.8, 4) is 0 Å². The fourth-order valence-corrected chi connectivity index (χ4v) is 6.71. The Morgan fingerprint density at radius 2 is 1.74 bits per heavy atom. The van der Waals surface area contributed by atoms with Crippen LogP contribution in [0.4, 0.5) is 11.4 Å². The number of nitrogens with one attached hydrogen (secondary N) is 3. The van der Waals surface area contributed by atoms with E-state index in [-0.39, 0.29) is 22.8 Å². The number of carbonyl (C=O) groups excluding carboxylic acids is 1. The van der Waals surface area contributed by atoms with Crippen molar-refractivity contribution in [2.45, 2.75) is 37.1 Å². The molecule has 0 bridgehead atoms. The molecule has 5 rings (SSSR count). The summed E-state index contributed by atoms with van der Waals surface area (Å²) in [7, 11) is -3.66. The predicted molar refractivity (Wildman–Crippen MR) is 152 cm³/mol. The van der Waals surface area contributed by atoms with Crippen LogP contribution in [0.25, 0.3) is 0 Å². The highest BCUT2D eigenvalue weighted by atomic mass is 35.5. The zero-order valence-electron chi connectivity index (χ0n) is 21.4. The molecular formula is C29H33ClN4O3S. The summed E-state index contributed by atoms with van der Waals surface area (Å²) in [6.45, 7) is 3.96. The molecule has 3 N–H and O–H groups in total. The van der Waals surface area contributed by atoms with Gasteiger partial charge in [-0.05, 0) is 67.6 Å². The van der Waals surface area contributed by atoms with Gasteiger partial charge in [-0.1, -0.05) is 53.6 Å². The zero-order valence-corrected chi connectivity index (χ0v) is 23.0. The molecule has 1 fully saturated rings. The lowest BCUT2D eigenvalue weighted by Crippen LogP contribution is -2.52. The number of amides is 1. The first-order chi connectivity index (χ1) is 18.3. The van der Waals surface area contributed by atoms with Gasteiger partial charge in [0.25, 0.3) is 0 Å². The number of hydrogen-bond acceptors (Lipinski definition) is 5. The lowest BCUT2D eigenvalue weighted by atomic mass is 9.95. The van der Waals surface area contributed by atoms with Crippen LogP contribution in [0.5, 0.6) is 0 Å². The summed E-state index contributed by atoms with van der Waals surface area (Å²) in [4.78, 5) is 15.6. The van der Waals surface area contributed by atoms with Crippen LogP contribution in [0, 0.1) is 12.8 Å². The van der Waals surface area contributed by atoms with Crippen LogP contribution in [-0.2, 0) is 27.7 Å². The zero-order chi connectivity index (χ0) is 26.7. The molecule has 0 saturated carbocycles. The van der Waals surface area contributed by atoms with Gasteiger partial charge in [-0.3, -0.25) is 4.79 Å². The van der Waals surface area contributed by atoms with E-state index in [9.17, 15) is 13.2 Å². The van der Waals surface area contributed by atoms with E-state index in [0.29, 0.717) is 37.6 Å². The summed E-state index contributed by atoms with van der Waals surface area (Å²) < 4.78 is 28.4. The predicted octanol–water partition coefficient (Wildman–Crippen LogP) is 3.96. The topological polar surface area (TPSA) is 90.5 Å². The Morgan fingerprint density at radius 1 is 1.00 bits per heavy atom. The molecule has 2 aliphatic rings. The van der Waals surface area contributed by atoms with Crippen LogP contribution in [0.3, 0.4) is 0 Å². The highest BCUT2D eigenvalue weighted by Crippen LogP contribution is 2.37. The highest BCUT2D eigenvalue weighted by molar-refractivity contribution is 7.89. The number of nitrogens with zero attached hydrogens (tertiary/aromatic N) is 1. The third-order valence-corrected chi connectivity index (χ3v) is 9.06. The molecule has 2 heterocycles. The molecule has 7 nitrogen and oxygen atoms in total. The maximum atomic E-state index is 13.1. The maximum absolute atomic E-state index is 13.1. The van der Waals surface area contributed by atoms with E-state index in [1.54, 1.807) is 24.3 Å². The van der Waals surface area contributed by atoms with Crippen molar-refractivity contribution < 1.29 is 13.2 Å². The maximum Gasteiger partial charge on any atom is 0.240 e. The minimum Gasteiger partial charge on any atom is -0.354 e. The second-order valence-electron chi connectivity index (χ2n) is 10.1. The molecule has 1 unspecified atom stereocenters. The molecule has 200 valence electrons. The van der Waals surface area contributed by atoms with E-state index >= 15 is 0 Å². The molecule has 38 heavy (non-hydrogen) atoms. The Morgan fingerprint density at radius 3 is 2.53 bits per heavy atom. The third kappa shape index (κ3) is 6.04. The molecule has 1 amide bonds. The molecule has 2 aliphatic heterocycles. The van der Waals surface area contributed by atoms with Gasteiger partial charge in [0.2, 0.25) is 15.9 Å². The first-order valence-corrected chi connectivity index (χ1v) is 14.9. The van der Waals surface area contributed by atoms with Crippen molar-refractivity contribution in [2.24, 2.45) is 5.92 Å². The van der Waals surface area contributed by atoms with Crippen LogP contribution in [0.2, 0.25) is 5.02 Å². The van der Waals surface area contributed by atoms with Gasteiger partial charge in [0.05, 0.1) is 10.8 Å². The average Bonchev–Trinajstić information content (AvgIpc) is 3.05. The number of hydrogen-bond donors (Lipinski definition) is 3. The van der Waals surface area contributed by atoms with Crippen molar-refractivity contribution in [3.05, 3.63) is 88.4 Å². The summed E-state index contributed by atoms with van der Waals surface area (Å²) in [5, 5.41) is 6.99. The molecule has 2 atom stereocenters. The fraction of sp³-hybridized carbons (Fsp3) is 0.345. The number of halogens is 1. The Hall–Kier alpha value is -2.91. The minimum absolute atomic E-state index is 0.0776. The largest absolute Gasteiger partial charge is 0.354 e. The molecule has 0 aromatic heterocycles. The fourth-order valence-electron chi connectivity index (χ4n) is 5.30. The number of sulfonamides is 1. The van der Waals surface area contributed by atoms with Crippen LogP contribution in [-0.4, -0.2) is 46.5 Å². The Bertz CT molecular complexity index is 1410.